The minimum atomic E-state index is 0.263. The van der Waals surface area contributed by atoms with Crippen LogP contribution in [0.3, 0.4) is 0 Å². The van der Waals surface area contributed by atoms with E-state index in [0.29, 0.717) is 0 Å². The molecule has 102 valence electrons. The molecule has 0 fully saturated rings. The van der Waals surface area contributed by atoms with Gasteiger partial charge < -0.3 is 14.6 Å². The molecular weight excluding hydrogens is 238 g/mol. The van der Waals surface area contributed by atoms with Gasteiger partial charge in [-0.1, -0.05) is 12.1 Å². The molecular formula is C15H21N3O. The summed E-state index contributed by atoms with van der Waals surface area (Å²) in [4.78, 5) is 4.43. The third kappa shape index (κ3) is 3.15. The van der Waals surface area contributed by atoms with E-state index >= 15 is 0 Å². The van der Waals surface area contributed by atoms with E-state index in [9.17, 15) is 0 Å². The molecule has 2 rings (SSSR count). The summed E-state index contributed by atoms with van der Waals surface area (Å²) in [5.74, 6) is 1.99. The SMILES string of the molecule is CCn1ccnc1CC(NC)c1ccc(OC)cc1. The van der Waals surface area contributed by atoms with Crippen molar-refractivity contribution in [2.75, 3.05) is 14.2 Å². The zero-order chi connectivity index (χ0) is 13.7. The number of hydrogen-bond acceptors (Lipinski definition) is 3. The van der Waals surface area contributed by atoms with Gasteiger partial charge in [0, 0.05) is 31.4 Å². The van der Waals surface area contributed by atoms with Crippen molar-refractivity contribution in [3.63, 3.8) is 0 Å². The fourth-order valence-electron chi connectivity index (χ4n) is 2.22. The lowest BCUT2D eigenvalue weighted by Crippen LogP contribution is -2.20. The number of imidazole rings is 1. The second kappa shape index (κ2) is 6.38. The van der Waals surface area contributed by atoms with Crippen LogP contribution in [0.4, 0.5) is 0 Å². The van der Waals surface area contributed by atoms with E-state index in [1.54, 1.807) is 7.11 Å². The minimum Gasteiger partial charge on any atom is -0.497 e. The molecule has 4 nitrogen and oxygen atoms in total. The number of benzene rings is 1. The molecule has 0 spiro atoms. The molecule has 0 aliphatic carbocycles. The maximum atomic E-state index is 5.19. The molecule has 0 saturated heterocycles. The Labute approximate surface area is 114 Å². The summed E-state index contributed by atoms with van der Waals surface area (Å²) in [5.41, 5.74) is 1.24. The van der Waals surface area contributed by atoms with Gasteiger partial charge in [0.1, 0.15) is 11.6 Å². The van der Waals surface area contributed by atoms with Crippen LogP contribution in [0.1, 0.15) is 24.4 Å². The monoisotopic (exact) mass is 259 g/mol. The lowest BCUT2D eigenvalue weighted by atomic mass is 10.0. The van der Waals surface area contributed by atoms with Gasteiger partial charge in [-0.15, -0.1) is 0 Å². The van der Waals surface area contributed by atoms with E-state index < -0.39 is 0 Å². The molecule has 0 radical (unpaired) electrons. The van der Waals surface area contributed by atoms with Crippen LogP contribution in [0.2, 0.25) is 0 Å². The third-order valence-electron chi connectivity index (χ3n) is 3.40. The maximum Gasteiger partial charge on any atom is 0.118 e. The van der Waals surface area contributed by atoms with Crippen LogP contribution >= 0.6 is 0 Å². The van der Waals surface area contributed by atoms with Crippen LogP contribution < -0.4 is 10.1 Å². The van der Waals surface area contributed by atoms with Crippen molar-refractivity contribution in [2.24, 2.45) is 0 Å². The summed E-state index contributed by atoms with van der Waals surface area (Å²) in [6.07, 6.45) is 4.76. The Morgan fingerprint density at radius 1 is 1.32 bits per heavy atom. The fourth-order valence-corrected chi connectivity index (χ4v) is 2.22. The van der Waals surface area contributed by atoms with Crippen molar-refractivity contribution in [1.29, 1.82) is 0 Å². The summed E-state index contributed by atoms with van der Waals surface area (Å²) >= 11 is 0. The first-order chi connectivity index (χ1) is 9.28. The number of rotatable bonds is 6. The molecule has 0 saturated carbocycles. The summed E-state index contributed by atoms with van der Waals surface area (Å²) in [7, 11) is 3.66. The maximum absolute atomic E-state index is 5.19. The van der Waals surface area contributed by atoms with Crippen LogP contribution in [0.15, 0.2) is 36.7 Å². The molecule has 1 N–H and O–H groups in total. The highest BCUT2D eigenvalue weighted by Crippen LogP contribution is 2.20. The van der Waals surface area contributed by atoms with Crippen LogP contribution in [-0.2, 0) is 13.0 Å². The normalized spacial score (nSPS) is 12.4. The Morgan fingerprint density at radius 3 is 2.63 bits per heavy atom. The molecule has 0 amide bonds. The molecule has 1 heterocycles. The topological polar surface area (TPSA) is 39.1 Å². The first kappa shape index (κ1) is 13.6. The Balaban J connectivity index is 2.15. The Kier molecular flexibility index (Phi) is 4.58. The molecule has 1 unspecified atom stereocenters. The van der Waals surface area contributed by atoms with Gasteiger partial charge in [0.05, 0.1) is 7.11 Å². The average Bonchev–Trinajstić information content (AvgIpc) is 2.92. The first-order valence-corrected chi connectivity index (χ1v) is 6.59. The number of methoxy groups -OCH3 is 1. The summed E-state index contributed by atoms with van der Waals surface area (Å²) in [5, 5.41) is 3.35. The highest BCUT2D eigenvalue weighted by Gasteiger charge is 2.13. The number of likely N-dealkylation sites (N-methyl/N-ethyl adjacent to an activating group) is 1. The predicted molar refractivity (Wildman–Crippen MR) is 76.4 cm³/mol. The van der Waals surface area contributed by atoms with Gasteiger partial charge in [0.2, 0.25) is 0 Å². The molecule has 2 aromatic rings. The predicted octanol–water partition coefficient (Wildman–Crippen LogP) is 2.41. The number of hydrogen-bond donors (Lipinski definition) is 1. The van der Waals surface area contributed by atoms with Crippen LogP contribution in [0.5, 0.6) is 5.75 Å². The third-order valence-corrected chi connectivity index (χ3v) is 3.40. The van der Waals surface area contributed by atoms with Gasteiger partial charge in [-0.3, -0.25) is 0 Å². The van der Waals surface area contributed by atoms with Gasteiger partial charge in [-0.25, -0.2) is 4.98 Å². The van der Waals surface area contributed by atoms with Crippen molar-refractivity contribution in [3.8, 4) is 5.75 Å². The largest absolute Gasteiger partial charge is 0.497 e. The molecule has 19 heavy (non-hydrogen) atoms. The molecule has 1 aromatic heterocycles. The lowest BCUT2D eigenvalue weighted by Gasteiger charge is -2.17. The Morgan fingerprint density at radius 2 is 2.05 bits per heavy atom. The summed E-state index contributed by atoms with van der Waals surface area (Å²) < 4.78 is 7.36. The van der Waals surface area contributed by atoms with Crippen LogP contribution in [0.25, 0.3) is 0 Å². The van der Waals surface area contributed by atoms with Crippen molar-refractivity contribution in [3.05, 3.63) is 48.0 Å². The van der Waals surface area contributed by atoms with Crippen molar-refractivity contribution < 1.29 is 4.74 Å². The van der Waals surface area contributed by atoms with Crippen LogP contribution in [-0.4, -0.2) is 23.7 Å². The van der Waals surface area contributed by atoms with E-state index in [1.807, 2.05) is 31.6 Å². The summed E-state index contributed by atoms with van der Waals surface area (Å²) in [6, 6.07) is 8.44. The molecule has 1 aromatic carbocycles. The fraction of sp³-hybridized carbons (Fsp3) is 0.400. The Hall–Kier alpha value is -1.81. The number of aromatic nitrogens is 2. The van der Waals surface area contributed by atoms with Crippen molar-refractivity contribution in [2.45, 2.75) is 25.9 Å². The van der Waals surface area contributed by atoms with Gasteiger partial charge in [-0.2, -0.15) is 0 Å². The van der Waals surface area contributed by atoms with Gasteiger partial charge >= 0.3 is 0 Å². The van der Waals surface area contributed by atoms with Crippen molar-refractivity contribution in [1.82, 2.24) is 14.9 Å². The van der Waals surface area contributed by atoms with E-state index in [0.717, 1.165) is 24.5 Å². The number of nitrogens with one attached hydrogen (secondary N) is 1. The zero-order valence-corrected chi connectivity index (χ0v) is 11.8. The van der Waals surface area contributed by atoms with E-state index in [-0.39, 0.29) is 6.04 Å². The standard InChI is InChI=1S/C15H21N3O/c1-4-18-10-9-17-15(18)11-14(16-2)12-5-7-13(19-3)8-6-12/h5-10,14,16H,4,11H2,1-3H3. The average molecular weight is 259 g/mol. The molecule has 0 bridgehead atoms. The Bertz CT molecular complexity index is 504. The van der Waals surface area contributed by atoms with E-state index in [4.69, 9.17) is 4.74 Å². The second-order valence-corrected chi connectivity index (χ2v) is 4.45. The zero-order valence-electron chi connectivity index (χ0n) is 11.8. The highest BCUT2D eigenvalue weighted by atomic mass is 16.5. The highest BCUT2D eigenvalue weighted by molar-refractivity contribution is 5.29. The second-order valence-electron chi connectivity index (χ2n) is 4.45. The summed E-state index contributed by atoms with van der Waals surface area (Å²) in [6.45, 7) is 3.08. The minimum absolute atomic E-state index is 0.263. The molecule has 1 atom stereocenters. The van der Waals surface area contributed by atoms with E-state index in [2.05, 4.69) is 33.9 Å². The van der Waals surface area contributed by atoms with E-state index in [1.165, 1.54) is 5.56 Å². The first-order valence-electron chi connectivity index (χ1n) is 6.59. The van der Waals surface area contributed by atoms with Crippen LogP contribution in [0, 0.1) is 0 Å². The number of ether oxygens (including phenoxy) is 1. The van der Waals surface area contributed by atoms with Crippen molar-refractivity contribution >= 4 is 0 Å². The smallest absolute Gasteiger partial charge is 0.118 e. The van der Waals surface area contributed by atoms with Gasteiger partial charge in [-0.05, 0) is 31.7 Å². The molecule has 4 heteroatoms. The lowest BCUT2D eigenvalue weighted by molar-refractivity contribution is 0.414. The van der Waals surface area contributed by atoms with Gasteiger partial charge in [0.25, 0.3) is 0 Å². The molecule has 0 aliphatic rings. The number of aryl methyl sites for hydroxylation is 1. The quantitative estimate of drug-likeness (QED) is 0.866. The number of nitrogens with zero attached hydrogens (tertiary/aromatic N) is 2. The van der Waals surface area contributed by atoms with Gasteiger partial charge in [0.15, 0.2) is 0 Å². The molecule has 0 aliphatic heterocycles.